The van der Waals surface area contributed by atoms with Crippen LogP contribution in [0.3, 0.4) is 0 Å². The summed E-state index contributed by atoms with van der Waals surface area (Å²) in [6.07, 6.45) is 4.61. The van der Waals surface area contributed by atoms with Gasteiger partial charge < -0.3 is 15.1 Å². The van der Waals surface area contributed by atoms with E-state index >= 15 is 0 Å². The Kier molecular flexibility index (Phi) is 6.89. The van der Waals surface area contributed by atoms with Crippen molar-refractivity contribution in [3.63, 3.8) is 0 Å². The first-order valence-electron chi connectivity index (χ1n) is 7.66. The van der Waals surface area contributed by atoms with E-state index in [4.69, 9.17) is 5.11 Å². The van der Waals surface area contributed by atoms with E-state index in [9.17, 15) is 14.7 Å². The summed E-state index contributed by atoms with van der Waals surface area (Å²) in [4.78, 5) is 24.7. The van der Waals surface area contributed by atoms with E-state index in [0.717, 1.165) is 19.3 Å². The van der Waals surface area contributed by atoms with Crippen molar-refractivity contribution >= 4 is 11.9 Å². The fourth-order valence-electron chi connectivity index (χ4n) is 3.03. The number of carboxylic acid groups (broad SMARTS) is 1. The second-order valence-corrected chi connectivity index (χ2v) is 6.31. The number of hydrogen-bond donors (Lipinski definition) is 2. The minimum absolute atomic E-state index is 0.130. The summed E-state index contributed by atoms with van der Waals surface area (Å²) in [6, 6.07) is -0.877. The van der Waals surface area contributed by atoms with Crippen molar-refractivity contribution in [2.45, 2.75) is 58.1 Å². The molecular formula is C16H27NO4. The molecule has 4 atom stereocenters. The molecule has 1 rings (SSSR count). The van der Waals surface area contributed by atoms with E-state index in [1.165, 1.54) is 4.90 Å². The summed E-state index contributed by atoms with van der Waals surface area (Å²) >= 11 is 0. The van der Waals surface area contributed by atoms with Crippen LogP contribution in [0.25, 0.3) is 0 Å². The third-order valence-electron chi connectivity index (χ3n) is 4.08. The first-order chi connectivity index (χ1) is 9.85. The third kappa shape index (κ3) is 5.50. The maximum atomic E-state index is 12.2. The lowest BCUT2D eigenvalue weighted by atomic mass is 9.91. The highest BCUT2D eigenvalue weighted by Gasteiger charge is 2.38. The lowest BCUT2D eigenvalue weighted by molar-refractivity contribution is -0.148. The van der Waals surface area contributed by atoms with Gasteiger partial charge in [-0.2, -0.15) is 0 Å². The predicted octanol–water partition coefficient (Wildman–Crippen LogP) is 2.05. The van der Waals surface area contributed by atoms with Crippen molar-refractivity contribution in [1.82, 2.24) is 4.90 Å². The van der Waals surface area contributed by atoms with Crippen LogP contribution in [0, 0.1) is 11.8 Å². The van der Waals surface area contributed by atoms with Crippen LogP contribution >= 0.6 is 0 Å². The minimum atomic E-state index is -1.04. The maximum Gasteiger partial charge on any atom is 0.326 e. The predicted molar refractivity (Wildman–Crippen MR) is 80.8 cm³/mol. The number of carbonyl (C=O) groups is 2. The van der Waals surface area contributed by atoms with E-state index in [-0.39, 0.29) is 24.8 Å². The normalized spacial score (nSPS) is 24.6. The Morgan fingerprint density at radius 1 is 1.38 bits per heavy atom. The van der Waals surface area contributed by atoms with Crippen LogP contribution in [-0.2, 0) is 9.59 Å². The molecule has 0 radical (unpaired) electrons. The molecule has 0 aromatic rings. The van der Waals surface area contributed by atoms with Gasteiger partial charge in [-0.3, -0.25) is 4.79 Å². The number of rotatable bonds is 8. The van der Waals surface area contributed by atoms with Crippen molar-refractivity contribution < 1.29 is 19.8 Å². The molecule has 120 valence electrons. The van der Waals surface area contributed by atoms with Crippen molar-refractivity contribution in [2.24, 2.45) is 11.8 Å². The molecule has 21 heavy (non-hydrogen) atoms. The van der Waals surface area contributed by atoms with E-state index in [1.807, 2.05) is 13.0 Å². The van der Waals surface area contributed by atoms with Gasteiger partial charge in [-0.15, -0.1) is 6.58 Å². The molecule has 5 nitrogen and oxygen atoms in total. The highest BCUT2D eigenvalue weighted by Crippen LogP contribution is 2.24. The Labute approximate surface area is 126 Å². The molecule has 0 aromatic carbocycles. The van der Waals surface area contributed by atoms with Gasteiger partial charge >= 0.3 is 5.97 Å². The van der Waals surface area contributed by atoms with Gasteiger partial charge in [-0.25, -0.2) is 4.79 Å². The summed E-state index contributed by atoms with van der Waals surface area (Å²) in [5.41, 5.74) is 0. The third-order valence-corrected chi connectivity index (χ3v) is 4.08. The van der Waals surface area contributed by atoms with Crippen molar-refractivity contribution in [3.05, 3.63) is 12.7 Å². The molecule has 1 saturated heterocycles. The van der Waals surface area contributed by atoms with Crippen LogP contribution in [0.2, 0.25) is 0 Å². The number of amides is 1. The van der Waals surface area contributed by atoms with Crippen LogP contribution in [0.1, 0.15) is 46.0 Å². The lowest BCUT2D eigenvalue weighted by Crippen LogP contribution is -2.41. The number of aliphatic carboxylic acids is 1. The van der Waals surface area contributed by atoms with Gasteiger partial charge in [0.2, 0.25) is 5.91 Å². The van der Waals surface area contributed by atoms with Crippen LogP contribution in [0.15, 0.2) is 12.7 Å². The number of carbonyl (C=O) groups excluding carboxylic acids is 1. The molecule has 1 heterocycles. The molecule has 2 N–H and O–H groups in total. The highest BCUT2D eigenvalue weighted by molar-refractivity contribution is 5.84. The Balaban J connectivity index is 2.48. The smallest absolute Gasteiger partial charge is 0.326 e. The molecule has 1 amide bonds. The van der Waals surface area contributed by atoms with E-state index in [2.05, 4.69) is 13.5 Å². The number of β-amino-alcohol motifs (C(OH)–C–C–N with tert-alkyl or cyclic N) is 1. The lowest BCUT2D eigenvalue weighted by Gasteiger charge is -2.24. The van der Waals surface area contributed by atoms with Crippen LogP contribution in [-0.4, -0.2) is 45.7 Å². The zero-order valence-corrected chi connectivity index (χ0v) is 13.0. The average Bonchev–Trinajstić information content (AvgIpc) is 2.78. The van der Waals surface area contributed by atoms with Gasteiger partial charge in [0, 0.05) is 19.4 Å². The molecule has 0 aliphatic carbocycles. The van der Waals surface area contributed by atoms with Crippen LogP contribution in [0.4, 0.5) is 0 Å². The summed E-state index contributed by atoms with van der Waals surface area (Å²) in [7, 11) is 0. The van der Waals surface area contributed by atoms with Gasteiger partial charge in [-0.05, 0) is 31.1 Å². The Hall–Kier alpha value is -1.36. The summed E-state index contributed by atoms with van der Waals surface area (Å²) in [6.45, 7) is 8.01. The monoisotopic (exact) mass is 297 g/mol. The first-order valence-corrected chi connectivity index (χ1v) is 7.66. The van der Waals surface area contributed by atoms with Gasteiger partial charge in [0.15, 0.2) is 0 Å². The molecule has 1 aliphatic heterocycles. The van der Waals surface area contributed by atoms with Crippen molar-refractivity contribution in [3.8, 4) is 0 Å². The number of aliphatic hydroxyl groups excluding tert-OH is 1. The van der Waals surface area contributed by atoms with E-state index in [1.54, 1.807) is 0 Å². The number of aliphatic hydroxyl groups is 1. The second-order valence-electron chi connectivity index (χ2n) is 6.31. The summed E-state index contributed by atoms with van der Waals surface area (Å²) in [5.74, 6) is -0.469. The minimum Gasteiger partial charge on any atom is -0.480 e. The van der Waals surface area contributed by atoms with Gasteiger partial charge in [0.05, 0.1) is 6.10 Å². The standard InChI is InChI=1S/C16H27NO4/c1-4-5-6-11(2)7-12(3)8-15(19)17-10-13(18)9-14(17)16(20)21/h4,11-14,18H,1,5-10H2,2-3H3,(H,20,21). The van der Waals surface area contributed by atoms with Crippen molar-refractivity contribution in [1.29, 1.82) is 0 Å². The molecule has 0 bridgehead atoms. The number of allylic oxidation sites excluding steroid dienone is 1. The van der Waals surface area contributed by atoms with Gasteiger partial charge in [-0.1, -0.05) is 19.9 Å². The zero-order chi connectivity index (χ0) is 16.0. The number of hydrogen-bond acceptors (Lipinski definition) is 3. The fourth-order valence-corrected chi connectivity index (χ4v) is 3.03. The molecule has 4 unspecified atom stereocenters. The quantitative estimate of drug-likeness (QED) is 0.672. The number of likely N-dealkylation sites (tertiary alicyclic amines) is 1. The average molecular weight is 297 g/mol. The SMILES string of the molecule is C=CCCC(C)CC(C)CC(=O)N1CC(O)CC1C(=O)O. The molecule has 1 aliphatic rings. The Morgan fingerprint density at radius 3 is 2.62 bits per heavy atom. The maximum absolute atomic E-state index is 12.2. The molecule has 1 fully saturated rings. The fraction of sp³-hybridized carbons (Fsp3) is 0.750. The molecule has 5 heteroatoms. The molecule has 0 aromatic heterocycles. The van der Waals surface area contributed by atoms with E-state index < -0.39 is 18.1 Å². The van der Waals surface area contributed by atoms with Gasteiger partial charge in [0.25, 0.3) is 0 Å². The van der Waals surface area contributed by atoms with Crippen molar-refractivity contribution in [2.75, 3.05) is 6.54 Å². The van der Waals surface area contributed by atoms with Crippen LogP contribution < -0.4 is 0 Å². The first kappa shape index (κ1) is 17.7. The molecule has 0 spiro atoms. The van der Waals surface area contributed by atoms with E-state index in [0.29, 0.717) is 12.3 Å². The zero-order valence-electron chi connectivity index (χ0n) is 13.0. The summed E-state index contributed by atoms with van der Waals surface area (Å²) in [5, 5.41) is 18.7. The molecule has 0 saturated carbocycles. The topological polar surface area (TPSA) is 77.8 Å². The highest BCUT2D eigenvalue weighted by atomic mass is 16.4. The number of nitrogens with zero attached hydrogens (tertiary/aromatic N) is 1. The molecular weight excluding hydrogens is 270 g/mol. The summed E-state index contributed by atoms with van der Waals surface area (Å²) < 4.78 is 0. The Morgan fingerprint density at radius 2 is 2.05 bits per heavy atom. The van der Waals surface area contributed by atoms with Crippen LogP contribution in [0.5, 0.6) is 0 Å². The van der Waals surface area contributed by atoms with Gasteiger partial charge in [0.1, 0.15) is 6.04 Å². The Bertz CT molecular complexity index is 382. The largest absolute Gasteiger partial charge is 0.480 e. The number of carboxylic acids is 1. The second kappa shape index (κ2) is 8.17.